The van der Waals surface area contributed by atoms with Crippen molar-refractivity contribution in [3.63, 3.8) is 0 Å². The Balaban J connectivity index is 0.00000289. The first-order valence-electron chi connectivity index (χ1n) is 9.41. The number of anilines is 1. The summed E-state index contributed by atoms with van der Waals surface area (Å²) in [6.45, 7) is 0.501. The van der Waals surface area contributed by atoms with Gasteiger partial charge in [-0.1, -0.05) is 35.3 Å². The molecular formula is C23H20Cl2LiNO5S. The van der Waals surface area contributed by atoms with Crippen LogP contribution in [0.4, 0.5) is 5.69 Å². The number of nitrogens with one attached hydrogen (secondary N) is 1. The van der Waals surface area contributed by atoms with Gasteiger partial charge in [0.1, 0.15) is 24.7 Å². The smallest absolute Gasteiger partial charge is 1.00 e. The summed E-state index contributed by atoms with van der Waals surface area (Å²) in [7, 11) is 0. The first-order valence-corrected chi connectivity index (χ1v) is 11.4. The molecule has 0 saturated carbocycles. The second-order valence-corrected chi connectivity index (χ2v) is 8.13. The standard InChI is InChI=1S/C23H19Cl2NO5S.Li.H/c1-32-21-5-3-2-4-20(21)31-11-10-30-15-7-9-19(17(13-15)23(28)29)26-22(27)16-8-6-14(24)12-18(16)25;;/h2-9,12-13H,10-11H2,1H3,(H,26,27)(H,28,29);;/q;+1;-1. The zero-order valence-electron chi connectivity index (χ0n) is 18.9. The van der Waals surface area contributed by atoms with Gasteiger partial charge in [-0.2, -0.15) is 0 Å². The molecule has 0 bridgehead atoms. The summed E-state index contributed by atoms with van der Waals surface area (Å²) < 4.78 is 11.4. The van der Waals surface area contributed by atoms with E-state index < -0.39 is 11.9 Å². The number of benzene rings is 3. The Morgan fingerprint density at radius 2 is 1.73 bits per heavy atom. The Hall–Kier alpha value is -2.27. The molecule has 0 radical (unpaired) electrons. The van der Waals surface area contributed by atoms with Gasteiger partial charge in [-0.05, 0) is 54.8 Å². The largest absolute Gasteiger partial charge is 1.00 e. The minimum atomic E-state index is -1.21. The number of carboxylic acid groups (broad SMARTS) is 1. The number of carboxylic acids is 1. The van der Waals surface area contributed by atoms with Gasteiger partial charge in [0.15, 0.2) is 0 Å². The first-order chi connectivity index (χ1) is 15.4. The molecule has 0 aliphatic carbocycles. The van der Waals surface area contributed by atoms with Gasteiger partial charge in [-0.25, -0.2) is 4.79 Å². The van der Waals surface area contributed by atoms with E-state index in [1.165, 1.54) is 30.3 Å². The fourth-order valence-corrected chi connectivity index (χ4v) is 3.85. The van der Waals surface area contributed by atoms with Crippen molar-refractivity contribution >= 4 is 52.5 Å². The molecule has 0 aliphatic heterocycles. The van der Waals surface area contributed by atoms with E-state index in [0.29, 0.717) is 10.8 Å². The molecule has 3 aromatic carbocycles. The van der Waals surface area contributed by atoms with Crippen molar-refractivity contribution in [1.29, 1.82) is 0 Å². The normalized spacial score (nSPS) is 10.2. The average Bonchev–Trinajstić information content (AvgIpc) is 2.77. The molecule has 2 N–H and O–H groups in total. The summed E-state index contributed by atoms with van der Waals surface area (Å²) >= 11 is 13.5. The van der Waals surface area contributed by atoms with Crippen molar-refractivity contribution in [2.45, 2.75) is 4.90 Å². The van der Waals surface area contributed by atoms with Crippen molar-refractivity contribution in [2.24, 2.45) is 0 Å². The minimum absolute atomic E-state index is 0. The number of halogens is 2. The van der Waals surface area contributed by atoms with Gasteiger partial charge in [-0.15, -0.1) is 11.8 Å². The molecule has 3 aromatic rings. The molecule has 0 atom stereocenters. The van der Waals surface area contributed by atoms with Gasteiger partial charge in [0, 0.05) is 9.92 Å². The Bertz CT molecular complexity index is 1150. The third-order valence-electron chi connectivity index (χ3n) is 4.32. The maximum absolute atomic E-state index is 12.5. The number of hydrogen-bond donors (Lipinski definition) is 2. The van der Waals surface area contributed by atoms with Crippen LogP contribution in [0.2, 0.25) is 10.0 Å². The summed E-state index contributed by atoms with van der Waals surface area (Å²) in [6, 6.07) is 16.5. The maximum Gasteiger partial charge on any atom is 1.00 e. The number of para-hydroxylation sites is 1. The van der Waals surface area contributed by atoms with Crippen LogP contribution in [-0.2, 0) is 0 Å². The Labute approximate surface area is 219 Å². The number of ether oxygens (including phenoxy) is 2. The molecule has 0 unspecified atom stereocenters. The van der Waals surface area contributed by atoms with Crippen molar-refractivity contribution in [3.8, 4) is 11.5 Å². The summed E-state index contributed by atoms with van der Waals surface area (Å²) in [5.41, 5.74) is 0.177. The molecule has 0 spiro atoms. The van der Waals surface area contributed by atoms with Gasteiger partial charge in [-0.3, -0.25) is 4.79 Å². The maximum atomic E-state index is 12.5. The van der Waals surface area contributed by atoms with E-state index in [1.54, 1.807) is 17.8 Å². The monoisotopic (exact) mass is 499 g/mol. The van der Waals surface area contributed by atoms with E-state index in [4.69, 9.17) is 32.7 Å². The van der Waals surface area contributed by atoms with E-state index >= 15 is 0 Å². The SMILES string of the molecule is CSc1ccccc1OCCOc1ccc(NC(=O)c2ccc(Cl)cc2Cl)c(C(=O)O)c1.[H-].[Li+]. The zero-order valence-corrected chi connectivity index (χ0v) is 20.3. The molecule has 0 fully saturated rings. The number of rotatable bonds is 9. The van der Waals surface area contributed by atoms with Gasteiger partial charge >= 0.3 is 24.8 Å². The van der Waals surface area contributed by atoms with Crippen LogP contribution in [0.3, 0.4) is 0 Å². The molecule has 0 aromatic heterocycles. The number of carbonyl (C=O) groups excluding carboxylic acids is 1. The predicted octanol–water partition coefficient (Wildman–Crippen LogP) is 3.24. The molecule has 0 saturated heterocycles. The van der Waals surface area contributed by atoms with E-state index in [-0.39, 0.29) is 55.3 Å². The minimum Gasteiger partial charge on any atom is -1.00 e. The number of aromatic carboxylic acids is 1. The fraction of sp³-hybridized carbons (Fsp3) is 0.130. The van der Waals surface area contributed by atoms with E-state index in [0.717, 1.165) is 10.6 Å². The third kappa shape index (κ3) is 7.36. The second-order valence-electron chi connectivity index (χ2n) is 6.44. The number of carbonyl (C=O) groups is 2. The molecule has 3 rings (SSSR count). The molecule has 33 heavy (non-hydrogen) atoms. The molecule has 0 heterocycles. The van der Waals surface area contributed by atoms with Crippen LogP contribution in [0.25, 0.3) is 0 Å². The zero-order chi connectivity index (χ0) is 23.1. The quantitative estimate of drug-likeness (QED) is 0.267. The predicted molar refractivity (Wildman–Crippen MR) is 128 cm³/mol. The van der Waals surface area contributed by atoms with E-state index in [9.17, 15) is 14.7 Å². The summed E-state index contributed by atoms with van der Waals surface area (Å²) in [5, 5.41) is 12.7. The average molecular weight is 500 g/mol. The molecule has 0 aliphatic rings. The molecule has 6 nitrogen and oxygen atoms in total. The topological polar surface area (TPSA) is 84.9 Å². The van der Waals surface area contributed by atoms with Gasteiger partial charge in [0.25, 0.3) is 5.91 Å². The molecule has 10 heteroatoms. The van der Waals surface area contributed by atoms with Crippen LogP contribution in [0.15, 0.2) is 65.6 Å². The summed E-state index contributed by atoms with van der Waals surface area (Å²) in [4.78, 5) is 25.2. The van der Waals surface area contributed by atoms with Gasteiger partial charge in [0.2, 0.25) is 0 Å². The first kappa shape index (κ1) is 27.0. The van der Waals surface area contributed by atoms with Crippen LogP contribution in [0.1, 0.15) is 22.1 Å². The van der Waals surface area contributed by atoms with Gasteiger partial charge < -0.3 is 21.3 Å². The Kier molecular flexibility index (Phi) is 10.5. The number of hydrogen-bond acceptors (Lipinski definition) is 5. The third-order valence-corrected chi connectivity index (χ3v) is 5.65. The molecular weight excluding hydrogens is 480 g/mol. The summed E-state index contributed by atoms with van der Waals surface area (Å²) in [5.74, 6) is -0.665. The fourth-order valence-electron chi connectivity index (χ4n) is 2.81. The Morgan fingerprint density at radius 1 is 1.00 bits per heavy atom. The summed E-state index contributed by atoms with van der Waals surface area (Å²) in [6.07, 6.45) is 1.97. The number of amides is 1. The van der Waals surface area contributed by atoms with Crippen LogP contribution < -0.4 is 33.7 Å². The van der Waals surface area contributed by atoms with Crippen LogP contribution >= 0.6 is 35.0 Å². The van der Waals surface area contributed by atoms with Crippen LogP contribution in [0.5, 0.6) is 11.5 Å². The Morgan fingerprint density at radius 3 is 2.42 bits per heavy atom. The number of thioether (sulfide) groups is 1. The van der Waals surface area contributed by atoms with Crippen LogP contribution in [-0.4, -0.2) is 36.5 Å². The van der Waals surface area contributed by atoms with Crippen LogP contribution in [0, 0.1) is 0 Å². The molecule has 168 valence electrons. The van der Waals surface area contributed by atoms with Crippen molar-refractivity contribution in [3.05, 3.63) is 81.8 Å². The van der Waals surface area contributed by atoms with E-state index in [1.807, 2.05) is 30.5 Å². The molecule has 1 amide bonds. The second kappa shape index (κ2) is 12.8. The van der Waals surface area contributed by atoms with E-state index in [2.05, 4.69) is 5.32 Å². The van der Waals surface area contributed by atoms with Crippen molar-refractivity contribution < 1.29 is 44.5 Å². The van der Waals surface area contributed by atoms with Crippen molar-refractivity contribution in [1.82, 2.24) is 0 Å². The van der Waals surface area contributed by atoms with Gasteiger partial charge in [0.05, 0.1) is 21.8 Å². The van der Waals surface area contributed by atoms with Crippen molar-refractivity contribution in [2.75, 3.05) is 24.8 Å².